The van der Waals surface area contributed by atoms with Crippen molar-refractivity contribution in [3.63, 3.8) is 0 Å². The highest BCUT2D eigenvalue weighted by molar-refractivity contribution is 8.24. The maximum Gasteiger partial charge on any atom is 0.431 e. The van der Waals surface area contributed by atoms with Crippen LogP contribution in [0.25, 0.3) is 22.2 Å². The minimum atomic E-state index is -4.53. The molecule has 1 saturated heterocycles. The van der Waals surface area contributed by atoms with E-state index in [1.807, 2.05) is 0 Å². The van der Waals surface area contributed by atoms with Crippen LogP contribution in [0.4, 0.5) is 13.2 Å². The van der Waals surface area contributed by atoms with Crippen LogP contribution in [-0.4, -0.2) is 45.0 Å². The fraction of sp³-hybridized carbons (Fsp3) is 0.316. The van der Waals surface area contributed by atoms with E-state index in [-0.39, 0.29) is 33.5 Å². The number of aromatic nitrogens is 2. The first kappa shape index (κ1) is 22.1. The molecule has 31 heavy (non-hydrogen) atoms. The highest BCUT2D eigenvalue weighted by Crippen LogP contribution is 2.44. The van der Waals surface area contributed by atoms with Crippen molar-refractivity contribution in [3.05, 3.63) is 48.3 Å². The summed E-state index contributed by atoms with van der Waals surface area (Å²) < 4.78 is 86.3. The maximum absolute atomic E-state index is 13.0. The highest BCUT2D eigenvalue weighted by atomic mass is 32.3. The molecule has 3 heterocycles. The highest BCUT2D eigenvalue weighted by Gasteiger charge is 2.33. The van der Waals surface area contributed by atoms with Crippen molar-refractivity contribution in [1.29, 1.82) is 0 Å². The largest absolute Gasteiger partial charge is 0.431 e. The van der Waals surface area contributed by atoms with E-state index in [9.17, 15) is 30.7 Å². The second-order valence-corrected chi connectivity index (χ2v) is 11.6. The Labute approximate surface area is 178 Å². The van der Waals surface area contributed by atoms with Crippen LogP contribution < -0.4 is 4.72 Å². The van der Waals surface area contributed by atoms with E-state index < -0.39 is 32.5 Å². The van der Waals surface area contributed by atoms with Crippen molar-refractivity contribution >= 4 is 31.6 Å². The number of sulfonamides is 1. The predicted octanol–water partition coefficient (Wildman–Crippen LogP) is 4.44. The smallest absolute Gasteiger partial charge is 0.336 e. The molecule has 0 radical (unpaired) electrons. The monoisotopic (exact) mass is 475 g/mol. The van der Waals surface area contributed by atoms with Crippen LogP contribution in [0.5, 0.6) is 0 Å². The van der Waals surface area contributed by atoms with Crippen LogP contribution in [0.3, 0.4) is 0 Å². The third kappa shape index (κ3) is 4.72. The number of H-pyrrole nitrogens is 1. The van der Waals surface area contributed by atoms with Crippen molar-refractivity contribution < 1.29 is 30.7 Å². The summed E-state index contributed by atoms with van der Waals surface area (Å²) in [5, 5.41) is 0.282. The molecular weight excluding hydrogens is 455 g/mol. The summed E-state index contributed by atoms with van der Waals surface area (Å²) in [6.45, 7) is 0. The molecule has 0 amide bonds. The predicted molar refractivity (Wildman–Crippen MR) is 112 cm³/mol. The van der Waals surface area contributed by atoms with Crippen LogP contribution in [0.1, 0.15) is 18.5 Å². The standard InChI is InChI=1S/C19H20F3N3O4S2/c20-19(21,22)17-11-16-15(5-8-23-18(16)24-17)12-1-3-14(4-2-12)31(28,29)25-13-6-9-30(26,27)10-7-13/h1-5,8,11,13,25-27H,6-7,9-10H2,(H,23,24). The fourth-order valence-electron chi connectivity index (χ4n) is 3.56. The third-order valence-corrected chi connectivity index (χ3v) is 8.54. The van der Waals surface area contributed by atoms with Gasteiger partial charge in [0.15, 0.2) is 0 Å². The zero-order chi connectivity index (χ0) is 22.4. The molecule has 1 fully saturated rings. The summed E-state index contributed by atoms with van der Waals surface area (Å²) in [6, 6.07) is 8.00. The number of hydrogen-bond acceptors (Lipinski definition) is 5. The van der Waals surface area contributed by atoms with Gasteiger partial charge in [-0.05, 0) is 48.2 Å². The van der Waals surface area contributed by atoms with Crippen LogP contribution >= 0.6 is 10.6 Å². The normalized spacial score (nSPS) is 18.9. The molecular formula is C19H20F3N3O4S2. The molecule has 0 bridgehead atoms. The molecule has 0 spiro atoms. The van der Waals surface area contributed by atoms with E-state index in [1.54, 1.807) is 6.07 Å². The lowest BCUT2D eigenvalue weighted by Crippen LogP contribution is -2.39. The molecule has 7 nitrogen and oxygen atoms in total. The number of aromatic amines is 1. The Bertz CT molecular complexity index is 1200. The Morgan fingerprint density at radius 3 is 2.35 bits per heavy atom. The van der Waals surface area contributed by atoms with Crippen molar-refractivity contribution in [2.75, 3.05) is 11.5 Å². The lowest BCUT2D eigenvalue weighted by molar-refractivity contribution is -0.140. The second kappa shape index (κ2) is 7.78. The van der Waals surface area contributed by atoms with Gasteiger partial charge in [0.25, 0.3) is 0 Å². The summed E-state index contributed by atoms with van der Waals surface area (Å²) in [6.07, 6.45) is -2.48. The first-order valence-corrected chi connectivity index (χ1v) is 12.7. The molecule has 1 aliphatic rings. The summed E-state index contributed by atoms with van der Waals surface area (Å²) in [4.78, 5) is 6.21. The van der Waals surface area contributed by atoms with Crippen molar-refractivity contribution in [3.8, 4) is 11.1 Å². The number of hydrogen-bond donors (Lipinski definition) is 4. The van der Waals surface area contributed by atoms with E-state index in [1.165, 1.54) is 30.5 Å². The first-order chi connectivity index (χ1) is 14.4. The minimum Gasteiger partial charge on any atom is -0.336 e. The van der Waals surface area contributed by atoms with Crippen LogP contribution in [0.2, 0.25) is 0 Å². The van der Waals surface area contributed by atoms with Gasteiger partial charge >= 0.3 is 6.18 Å². The molecule has 0 atom stereocenters. The summed E-state index contributed by atoms with van der Waals surface area (Å²) in [7, 11) is -6.44. The zero-order valence-electron chi connectivity index (χ0n) is 16.1. The number of alkyl halides is 3. The number of pyridine rings is 1. The van der Waals surface area contributed by atoms with Gasteiger partial charge in [-0.1, -0.05) is 12.1 Å². The van der Waals surface area contributed by atoms with E-state index in [0.717, 1.165) is 6.07 Å². The Morgan fingerprint density at radius 1 is 1.10 bits per heavy atom. The molecule has 4 rings (SSSR count). The number of rotatable bonds is 4. The van der Waals surface area contributed by atoms with E-state index >= 15 is 0 Å². The first-order valence-electron chi connectivity index (χ1n) is 9.36. The number of benzene rings is 1. The summed E-state index contributed by atoms with van der Waals surface area (Å²) in [5.41, 5.74) is 0.221. The third-order valence-electron chi connectivity index (χ3n) is 5.22. The molecule has 168 valence electrons. The molecule has 2 aromatic heterocycles. The van der Waals surface area contributed by atoms with E-state index in [4.69, 9.17) is 0 Å². The van der Waals surface area contributed by atoms with Crippen molar-refractivity contribution in [1.82, 2.24) is 14.7 Å². The van der Waals surface area contributed by atoms with Gasteiger partial charge in [0.05, 0.1) is 4.90 Å². The maximum atomic E-state index is 13.0. The van der Waals surface area contributed by atoms with Crippen LogP contribution in [0, 0.1) is 0 Å². The molecule has 3 aromatic rings. The fourth-order valence-corrected chi connectivity index (χ4v) is 6.39. The van der Waals surface area contributed by atoms with Gasteiger partial charge in [0.1, 0.15) is 11.3 Å². The van der Waals surface area contributed by atoms with Gasteiger partial charge < -0.3 is 4.98 Å². The Hall–Kier alpha value is -2.12. The number of nitrogens with one attached hydrogen (secondary N) is 2. The Balaban J connectivity index is 1.58. The van der Waals surface area contributed by atoms with E-state index in [2.05, 4.69) is 14.7 Å². The average Bonchev–Trinajstić information content (AvgIpc) is 3.15. The Kier molecular flexibility index (Phi) is 5.54. The molecule has 12 heteroatoms. The summed E-state index contributed by atoms with van der Waals surface area (Å²) >= 11 is 0. The molecule has 1 aromatic carbocycles. The minimum absolute atomic E-state index is 0.0174. The second-order valence-electron chi connectivity index (χ2n) is 7.43. The Morgan fingerprint density at radius 2 is 1.74 bits per heavy atom. The van der Waals surface area contributed by atoms with Crippen molar-refractivity contribution in [2.24, 2.45) is 0 Å². The van der Waals surface area contributed by atoms with E-state index in [0.29, 0.717) is 24.0 Å². The molecule has 0 unspecified atom stereocenters. The van der Waals surface area contributed by atoms with Crippen LogP contribution in [-0.2, 0) is 16.2 Å². The number of fused-ring (bicyclic) bond motifs is 1. The number of nitrogens with zero attached hydrogens (tertiary/aromatic N) is 1. The van der Waals surface area contributed by atoms with Crippen LogP contribution in [0.15, 0.2) is 47.5 Å². The lowest BCUT2D eigenvalue weighted by Gasteiger charge is -2.39. The van der Waals surface area contributed by atoms with Gasteiger partial charge in [-0.25, -0.2) is 18.1 Å². The number of halogens is 3. The quantitative estimate of drug-likeness (QED) is 0.445. The molecule has 4 N–H and O–H groups in total. The van der Waals surface area contributed by atoms with Gasteiger partial charge in [-0.15, -0.1) is 0 Å². The topological polar surface area (TPSA) is 115 Å². The van der Waals surface area contributed by atoms with Crippen molar-refractivity contribution in [2.45, 2.75) is 30.0 Å². The molecule has 0 aliphatic carbocycles. The zero-order valence-corrected chi connectivity index (χ0v) is 17.7. The van der Waals surface area contributed by atoms with Gasteiger partial charge in [0.2, 0.25) is 10.0 Å². The van der Waals surface area contributed by atoms with Gasteiger partial charge in [-0.3, -0.25) is 9.11 Å². The van der Waals surface area contributed by atoms with Gasteiger partial charge in [0, 0.05) is 29.1 Å². The lowest BCUT2D eigenvalue weighted by atomic mass is 10.0. The molecule has 1 aliphatic heterocycles. The average molecular weight is 476 g/mol. The van der Waals surface area contributed by atoms with Gasteiger partial charge in [-0.2, -0.15) is 23.8 Å². The molecule has 0 saturated carbocycles. The SMILES string of the molecule is O=S(=O)(NC1CCS(O)(O)CC1)c1ccc(-c2ccnc3[nH]c(C(F)(F)F)cc23)cc1. The summed E-state index contributed by atoms with van der Waals surface area (Å²) in [5.74, 6) is 0.321.